The van der Waals surface area contributed by atoms with Crippen LogP contribution in [0.5, 0.6) is 0 Å². The van der Waals surface area contributed by atoms with E-state index in [4.69, 9.17) is 9.47 Å². The molecule has 0 spiro atoms. The molecule has 0 saturated carbocycles. The molecule has 0 aromatic carbocycles. The second-order valence-electron chi connectivity index (χ2n) is 1.22. The average molecular weight is 116 g/mol. The fourth-order valence-electron chi connectivity index (χ4n) is 0.440. The summed E-state index contributed by atoms with van der Waals surface area (Å²) in [4.78, 5) is 0. The van der Waals surface area contributed by atoms with Crippen molar-refractivity contribution in [1.82, 2.24) is 0 Å². The third kappa shape index (κ3) is 2.79. The highest BCUT2D eigenvalue weighted by Gasteiger charge is 1.94. The Labute approximate surface area is 47.8 Å². The quantitative estimate of drug-likeness (QED) is 0.403. The van der Waals surface area contributed by atoms with E-state index in [0.717, 1.165) is 26.4 Å². The van der Waals surface area contributed by atoms with Gasteiger partial charge in [-0.3, -0.25) is 0 Å². The maximum Gasteiger partial charge on any atom is 0.0701 e. The molecule has 0 aromatic heterocycles. The normalized spacial score (nSPS) is 20.6. The Hall–Kier alpha value is 0.137. The minimum atomic E-state index is 0. The van der Waals surface area contributed by atoms with E-state index in [-0.39, 0.29) is 11.0 Å². The Morgan fingerprint density at radius 3 is 1.14 bits per heavy atom. The molecule has 1 aliphatic rings. The van der Waals surface area contributed by atoms with Gasteiger partial charge in [-0.2, -0.15) is 0 Å². The van der Waals surface area contributed by atoms with Gasteiger partial charge in [-0.25, -0.2) is 0 Å². The van der Waals surface area contributed by atoms with Crippen molar-refractivity contribution >= 4 is 11.0 Å². The number of hydrogen-bond acceptors (Lipinski definition) is 2. The predicted molar refractivity (Wildman–Crippen MR) is 27.4 cm³/mol. The first-order valence-corrected chi connectivity index (χ1v) is 2.15. The summed E-state index contributed by atoms with van der Waals surface area (Å²) in [6, 6.07) is 0. The lowest BCUT2D eigenvalue weighted by Crippen LogP contribution is -2.16. The molecule has 1 fully saturated rings. The van der Waals surface area contributed by atoms with Crippen molar-refractivity contribution in [2.24, 2.45) is 0 Å². The van der Waals surface area contributed by atoms with Crippen LogP contribution >= 0.6 is 0 Å². The summed E-state index contributed by atoms with van der Waals surface area (Å²) >= 11 is 0. The molecular weight excluding hydrogens is 108 g/mol. The molecule has 0 aromatic rings. The van der Waals surface area contributed by atoms with Gasteiger partial charge in [0.25, 0.3) is 0 Å². The third-order valence-electron chi connectivity index (χ3n) is 0.744. The van der Waals surface area contributed by atoms with Gasteiger partial charge in [0.15, 0.2) is 0 Å². The molecule has 0 bridgehead atoms. The van der Waals surface area contributed by atoms with Crippen LogP contribution in [-0.2, 0) is 9.47 Å². The Morgan fingerprint density at radius 2 is 1.00 bits per heavy atom. The van der Waals surface area contributed by atoms with Crippen LogP contribution in [0.1, 0.15) is 0 Å². The van der Waals surface area contributed by atoms with E-state index in [1.165, 1.54) is 0 Å². The summed E-state index contributed by atoms with van der Waals surface area (Å²) in [5.41, 5.74) is 0. The molecule has 1 saturated heterocycles. The predicted octanol–water partition coefficient (Wildman–Crippen LogP) is -0.348. The van der Waals surface area contributed by atoms with Crippen molar-refractivity contribution in [2.45, 2.75) is 0 Å². The van der Waals surface area contributed by atoms with Gasteiger partial charge in [0.05, 0.1) is 26.4 Å². The van der Waals surface area contributed by atoms with Gasteiger partial charge in [-0.1, -0.05) is 0 Å². The first-order valence-electron chi connectivity index (χ1n) is 2.15. The van der Waals surface area contributed by atoms with Crippen LogP contribution < -0.4 is 0 Å². The van der Waals surface area contributed by atoms with Crippen LogP contribution in [0.25, 0.3) is 0 Å². The highest BCUT2D eigenvalue weighted by Crippen LogP contribution is 1.85. The molecular formula is C4H8O2Si. The first-order chi connectivity index (χ1) is 3.00. The zero-order valence-electron chi connectivity index (χ0n) is 4.14. The third-order valence-corrected chi connectivity index (χ3v) is 0.744. The number of hydrogen-bond donors (Lipinski definition) is 0. The highest BCUT2D eigenvalue weighted by atomic mass is 28.1. The Balaban J connectivity index is 0.000000360. The molecule has 1 rings (SSSR count). The molecule has 0 unspecified atom stereocenters. The molecule has 0 aliphatic carbocycles. The largest absolute Gasteiger partial charge is 0.377 e. The van der Waals surface area contributed by atoms with Crippen LogP contribution in [-0.4, -0.2) is 37.4 Å². The lowest BCUT2D eigenvalue weighted by molar-refractivity contribution is -0.0334. The summed E-state index contributed by atoms with van der Waals surface area (Å²) < 4.78 is 9.89. The average Bonchev–Trinajstić information content (AvgIpc) is 1.72. The molecule has 40 valence electrons. The Morgan fingerprint density at radius 1 is 0.714 bits per heavy atom. The minimum absolute atomic E-state index is 0. The van der Waals surface area contributed by atoms with Crippen molar-refractivity contribution in [3.63, 3.8) is 0 Å². The molecule has 7 heavy (non-hydrogen) atoms. The SMILES string of the molecule is C1COCCO1.[Si]. The topological polar surface area (TPSA) is 18.5 Å². The fraction of sp³-hybridized carbons (Fsp3) is 1.00. The maximum atomic E-state index is 4.94. The summed E-state index contributed by atoms with van der Waals surface area (Å²) in [7, 11) is 0. The molecule has 0 amide bonds. The van der Waals surface area contributed by atoms with Gasteiger partial charge in [0, 0.05) is 11.0 Å². The van der Waals surface area contributed by atoms with E-state index < -0.39 is 0 Å². The van der Waals surface area contributed by atoms with Crippen LogP contribution in [0.3, 0.4) is 0 Å². The van der Waals surface area contributed by atoms with Crippen molar-refractivity contribution in [3.8, 4) is 0 Å². The van der Waals surface area contributed by atoms with Crippen molar-refractivity contribution in [3.05, 3.63) is 0 Å². The summed E-state index contributed by atoms with van der Waals surface area (Å²) in [6.45, 7) is 3.11. The maximum absolute atomic E-state index is 4.94. The lowest BCUT2D eigenvalue weighted by atomic mass is 10.6. The van der Waals surface area contributed by atoms with Gasteiger partial charge >= 0.3 is 0 Å². The Bertz CT molecular complexity index is 25.2. The fourth-order valence-corrected chi connectivity index (χ4v) is 0.440. The van der Waals surface area contributed by atoms with Crippen LogP contribution in [0.2, 0.25) is 0 Å². The summed E-state index contributed by atoms with van der Waals surface area (Å²) in [5.74, 6) is 0. The zero-order valence-corrected chi connectivity index (χ0v) is 5.14. The van der Waals surface area contributed by atoms with Crippen LogP contribution in [0, 0.1) is 0 Å². The van der Waals surface area contributed by atoms with Gasteiger partial charge in [-0.05, 0) is 0 Å². The molecule has 0 atom stereocenters. The van der Waals surface area contributed by atoms with E-state index >= 15 is 0 Å². The smallest absolute Gasteiger partial charge is 0.0701 e. The number of ether oxygens (including phenoxy) is 2. The van der Waals surface area contributed by atoms with Gasteiger partial charge in [0.2, 0.25) is 0 Å². The standard InChI is InChI=1S/C4H8O2.Si/c1-2-6-4-3-5-1;/h1-4H2;. The highest BCUT2D eigenvalue weighted by molar-refractivity contribution is 5.75. The van der Waals surface area contributed by atoms with E-state index in [0.29, 0.717) is 0 Å². The van der Waals surface area contributed by atoms with E-state index in [2.05, 4.69) is 0 Å². The number of rotatable bonds is 0. The first kappa shape index (κ1) is 7.14. The Kier molecular flexibility index (Phi) is 4.38. The lowest BCUT2D eigenvalue weighted by Gasteiger charge is -2.09. The van der Waals surface area contributed by atoms with Crippen molar-refractivity contribution in [1.29, 1.82) is 0 Å². The zero-order chi connectivity index (χ0) is 4.24. The van der Waals surface area contributed by atoms with E-state index in [1.807, 2.05) is 0 Å². The van der Waals surface area contributed by atoms with Crippen molar-refractivity contribution in [2.75, 3.05) is 26.4 Å². The molecule has 1 heterocycles. The molecule has 2 nitrogen and oxygen atoms in total. The molecule has 0 N–H and O–H groups in total. The monoisotopic (exact) mass is 116 g/mol. The molecule has 1 aliphatic heterocycles. The molecule has 3 heteroatoms. The molecule has 4 radical (unpaired) electrons. The second kappa shape index (κ2) is 4.30. The van der Waals surface area contributed by atoms with Crippen molar-refractivity contribution < 1.29 is 9.47 Å². The van der Waals surface area contributed by atoms with Gasteiger partial charge in [-0.15, -0.1) is 0 Å². The van der Waals surface area contributed by atoms with Crippen LogP contribution in [0.4, 0.5) is 0 Å². The minimum Gasteiger partial charge on any atom is -0.377 e. The summed E-state index contributed by atoms with van der Waals surface area (Å²) in [6.07, 6.45) is 0. The van der Waals surface area contributed by atoms with E-state index in [1.54, 1.807) is 0 Å². The summed E-state index contributed by atoms with van der Waals surface area (Å²) in [5, 5.41) is 0. The second-order valence-corrected chi connectivity index (χ2v) is 1.22. The van der Waals surface area contributed by atoms with Crippen LogP contribution in [0.15, 0.2) is 0 Å². The van der Waals surface area contributed by atoms with Gasteiger partial charge < -0.3 is 9.47 Å². The van der Waals surface area contributed by atoms with Gasteiger partial charge in [0.1, 0.15) is 0 Å². The van der Waals surface area contributed by atoms with E-state index in [9.17, 15) is 0 Å².